The lowest BCUT2D eigenvalue weighted by Gasteiger charge is -2.24. The standard InChI is InChI=1S/C20H27ClN4.HI/c1-4-22-19(24-13-11-18-10-5-6-12-23-18)25-15-20(2,3)16-8-7-9-17(21)14-16;/h5-10,12,14H,4,11,13,15H2,1-3H3,(H2,22,24,25);1H. The van der Waals surface area contributed by atoms with Crippen LogP contribution in [0.25, 0.3) is 0 Å². The fraction of sp³-hybridized carbons (Fsp3) is 0.400. The fourth-order valence-corrected chi connectivity index (χ4v) is 2.66. The van der Waals surface area contributed by atoms with E-state index in [9.17, 15) is 0 Å². The summed E-state index contributed by atoms with van der Waals surface area (Å²) in [5, 5.41) is 7.43. The van der Waals surface area contributed by atoms with Gasteiger partial charge < -0.3 is 10.6 Å². The molecular formula is C20H28ClIN4. The maximum absolute atomic E-state index is 6.12. The van der Waals surface area contributed by atoms with Crippen LogP contribution >= 0.6 is 35.6 Å². The molecule has 1 heterocycles. The van der Waals surface area contributed by atoms with Crippen molar-refractivity contribution in [3.05, 3.63) is 64.9 Å². The van der Waals surface area contributed by atoms with Crippen LogP contribution in [0, 0.1) is 0 Å². The summed E-state index contributed by atoms with van der Waals surface area (Å²) in [4.78, 5) is 9.10. The Hall–Kier alpha value is -1.34. The summed E-state index contributed by atoms with van der Waals surface area (Å²) < 4.78 is 0. The zero-order chi connectivity index (χ0) is 18.1. The molecule has 0 aliphatic heterocycles. The highest BCUT2D eigenvalue weighted by Gasteiger charge is 2.20. The zero-order valence-corrected chi connectivity index (χ0v) is 18.7. The average molecular weight is 487 g/mol. The molecule has 2 rings (SSSR count). The molecule has 0 radical (unpaired) electrons. The van der Waals surface area contributed by atoms with E-state index in [2.05, 4.69) is 42.5 Å². The molecule has 0 unspecified atom stereocenters. The Morgan fingerprint density at radius 1 is 1.15 bits per heavy atom. The highest BCUT2D eigenvalue weighted by molar-refractivity contribution is 14.0. The number of aromatic nitrogens is 1. The third kappa shape index (κ3) is 7.50. The van der Waals surface area contributed by atoms with E-state index in [0.29, 0.717) is 6.54 Å². The van der Waals surface area contributed by atoms with E-state index in [0.717, 1.165) is 36.2 Å². The number of benzene rings is 1. The molecule has 1 aromatic carbocycles. The average Bonchev–Trinajstić information content (AvgIpc) is 2.61. The lowest BCUT2D eigenvalue weighted by Crippen LogP contribution is -2.39. The van der Waals surface area contributed by atoms with E-state index in [1.54, 1.807) is 0 Å². The van der Waals surface area contributed by atoms with E-state index in [4.69, 9.17) is 16.6 Å². The third-order valence-electron chi connectivity index (χ3n) is 3.98. The molecule has 0 saturated heterocycles. The van der Waals surface area contributed by atoms with Gasteiger partial charge in [-0.3, -0.25) is 9.98 Å². The third-order valence-corrected chi connectivity index (χ3v) is 4.22. The van der Waals surface area contributed by atoms with Gasteiger partial charge in [-0.25, -0.2) is 0 Å². The molecule has 0 aliphatic carbocycles. The number of guanidine groups is 1. The monoisotopic (exact) mass is 486 g/mol. The Balaban J connectivity index is 0.00000338. The smallest absolute Gasteiger partial charge is 0.191 e. The summed E-state index contributed by atoms with van der Waals surface area (Å²) >= 11 is 6.12. The number of pyridine rings is 1. The number of nitrogens with one attached hydrogen (secondary N) is 2. The summed E-state index contributed by atoms with van der Waals surface area (Å²) in [5.41, 5.74) is 2.17. The van der Waals surface area contributed by atoms with E-state index in [-0.39, 0.29) is 29.4 Å². The molecule has 0 bridgehead atoms. The molecule has 0 fully saturated rings. The highest BCUT2D eigenvalue weighted by atomic mass is 127. The van der Waals surface area contributed by atoms with Crippen molar-refractivity contribution in [2.24, 2.45) is 4.99 Å². The lowest BCUT2D eigenvalue weighted by atomic mass is 9.85. The number of halogens is 2. The van der Waals surface area contributed by atoms with Gasteiger partial charge in [0, 0.05) is 41.8 Å². The van der Waals surface area contributed by atoms with Crippen molar-refractivity contribution < 1.29 is 0 Å². The number of nitrogens with zero attached hydrogens (tertiary/aromatic N) is 2. The summed E-state index contributed by atoms with van der Waals surface area (Å²) in [6.45, 7) is 8.72. The molecule has 0 aliphatic rings. The molecule has 0 atom stereocenters. The minimum Gasteiger partial charge on any atom is -0.357 e. The van der Waals surface area contributed by atoms with Crippen LogP contribution in [0.5, 0.6) is 0 Å². The molecule has 4 nitrogen and oxygen atoms in total. The Morgan fingerprint density at radius 3 is 2.62 bits per heavy atom. The van der Waals surface area contributed by atoms with Crippen molar-refractivity contribution in [1.82, 2.24) is 15.6 Å². The first-order valence-corrected chi connectivity index (χ1v) is 9.07. The fourth-order valence-electron chi connectivity index (χ4n) is 2.47. The number of aliphatic imine (C=N–C) groups is 1. The molecule has 0 amide bonds. The second kappa shape index (κ2) is 11.4. The Labute approximate surface area is 178 Å². The second-order valence-electron chi connectivity index (χ2n) is 6.59. The largest absolute Gasteiger partial charge is 0.357 e. The molecule has 2 aromatic rings. The highest BCUT2D eigenvalue weighted by Crippen LogP contribution is 2.25. The first-order valence-electron chi connectivity index (χ1n) is 8.69. The Bertz CT molecular complexity index is 689. The molecule has 1 aromatic heterocycles. The van der Waals surface area contributed by atoms with Crippen molar-refractivity contribution >= 4 is 41.5 Å². The van der Waals surface area contributed by atoms with Crippen LogP contribution in [0.15, 0.2) is 53.7 Å². The normalized spacial score (nSPS) is 11.6. The van der Waals surface area contributed by atoms with Gasteiger partial charge >= 0.3 is 0 Å². The van der Waals surface area contributed by atoms with Crippen molar-refractivity contribution in [2.45, 2.75) is 32.6 Å². The topological polar surface area (TPSA) is 49.3 Å². The summed E-state index contributed by atoms with van der Waals surface area (Å²) in [6, 6.07) is 14.0. The second-order valence-corrected chi connectivity index (χ2v) is 7.02. The maximum Gasteiger partial charge on any atom is 0.191 e. The minimum absolute atomic E-state index is 0. The van der Waals surface area contributed by atoms with E-state index < -0.39 is 0 Å². The van der Waals surface area contributed by atoms with Gasteiger partial charge in [-0.2, -0.15) is 0 Å². The lowest BCUT2D eigenvalue weighted by molar-refractivity contribution is 0.537. The van der Waals surface area contributed by atoms with Gasteiger partial charge in [0.15, 0.2) is 5.96 Å². The SMILES string of the molecule is CCNC(=NCC(C)(C)c1cccc(Cl)c1)NCCc1ccccn1.I. The van der Waals surface area contributed by atoms with Crippen LogP contribution in [-0.4, -0.2) is 30.6 Å². The van der Waals surface area contributed by atoms with Gasteiger partial charge in [0.1, 0.15) is 0 Å². The Morgan fingerprint density at radius 2 is 1.96 bits per heavy atom. The van der Waals surface area contributed by atoms with E-state index in [1.807, 2.05) is 42.6 Å². The van der Waals surface area contributed by atoms with Gasteiger partial charge in [0.25, 0.3) is 0 Å². The van der Waals surface area contributed by atoms with Crippen LogP contribution in [0.2, 0.25) is 5.02 Å². The van der Waals surface area contributed by atoms with Crippen LogP contribution in [-0.2, 0) is 11.8 Å². The summed E-state index contributed by atoms with van der Waals surface area (Å²) in [6.07, 6.45) is 2.69. The molecular weight excluding hydrogens is 459 g/mol. The maximum atomic E-state index is 6.12. The molecule has 2 N–H and O–H groups in total. The van der Waals surface area contributed by atoms with Crippen molar-refractivity contribution in [2.75, 3.05) is 19.6 Å². The molecule has 0 saturated carbocycles. The summed E-state index contributed by atoms with van der Waals surface area (Å²) in [7, 11) is 0. The first-order chi connectivity index (χ1) is 12.0. The molecule has 0 spiro atoms. The van der Waals surface area contributed by atoms with Crippen LogP contribution < -0.4 is 10.6 Å². The minimum atomic E-state index is -0.0891. The molecule has 6 heteroatoms. The van der Waals surface area contributed by atoms with Crippen molar-refractivity contribution in [3.63, 3.8) is 0 Å². The summed E-state index contributed by atoms with van der Waals surface area (Å²) in [5.74, 6) is 0.827. The Kier molecular flexibility index (Phi) is 9.94. The van der Waals surface area contributed by atoms with Crippen LogP contribution in [0.1, 0.15) is 32.0 Å². The molecule has 142 valence electrons. The van der Waals surface area contributed by atoms with E-state index in [1.165, 1.54) is 5.56 Å². The van der Waals surface area contributed by atoms with Gasteiger partial charge in [0.2, 0.25) is 0 Å². The first kappa shape index (κ1) is 22.7. The van der Waals surface area contributed by atoms with E-state index >= 15 is 0 Å². The van der Waals surface area contributed by atoms with Crippen molar-refractivity contribution in [3.8, 4) is 0 Å². The van der Waals surface area contributed by atoms with Crippen LogP contribution in [0.3, 0.4) is 0 Å². The van der Waals surface area contributed by atoms with Crippen molar-refractivity contribution in [1.29, 1.82) is 0 Å². The van der Waals surface area contributed by atoms with Gasteiger partial charge in [-0.15, -0.1) is 24.0 Å². The zero-order valence-electron chi connectivity index (χ0n) is 15.6. The van der Waals surface area contributed by atoms with Gasteiger partial charge in [-0.1, -0.05) is 43.6 Å². The molecule has 26 heavy (non-hydrogen) atoms. The predicted octanol–water partition coefficient (Wildman–Crippen LogP) is 4.43. The number of hydrogen-bond acceptors (Lipinski definition) is 2. The number of rotatable bonds is 7. The van der Waals surface area contributed by atoms with Gasteiger partial charge in [0.05, 0.1) is 6.54 Å². The van der Waals surface area contributed by atoms with Gasteiger partial charge in [-0.05, 0) is 36.8 Å². The quantitative estimate of drug-likeness (QED) is 0.346. The predicted molar refractivity (Wildman–Crippen MR) is 122 cm³/mol. The van der Waals surface area contributed by atoms with Crippen LogP contribution in [0.4, 0.5) is 0 Å². The number of hydrogen-bond donors (Lipinski definition) is 2.